The summed E-state index contributed by atoms with van der Waals surface area (Å²) < 4.78 is 14.6. The number of hydrogen-bond acceptors (Lipinski definition) is 7. The van der Waals surface area contributed by atoms with Crippen molar-refractivity contribution in [3.63, 3.8) is 0 Å². The second-order valence-corrected chi connectivity index (χ2v) is 13.9. The van der Waals surface area contributed by atoms with Crippen LogP contribution in [0.15, 0.2) is 81.6 Å². The fraction of sp³-hybridized carbons (Fsp3) is 0.303. The lowest BCUT2D eigenvalue weighted by Gasteiger charge is -2.38. The molecule has 222 valence electrons. The topological polar surface area (TPSA) is 78.3 Å². The average Bonchev–Trinajstić information content (AvgIpc) is 3.37. The fourth-order valence-electron chi connectivity index (χ4n) is 5.59. The lowest BCUT2D eigenvalue weighted by Crippen LogP contribution is -2.36. The highest BCUT2D eigenvalue weighted by Crippen LogP contribution is 2.48. The van der Waals surface area contributed by atoms with Gasteiger partial charge in [0.25, 0.3) is 0 Å². The molecule has 1 aromatic heterocycles. The second-order valence-electron chi connectivity index (χ2n) is 11.7. The predicted octanol–water partition coefficient (Wildman–Crippen LogP) is 8.54. The monoisotopic (exact) mass is 678 g/mol. The summed E-state index contributed by atoms with van der Waals surface area (Å²) in [6.45, 7) is 6.69. The largest absolute Gasteiger partial charge is 0.493 e. The standard InChI is InChI=1S/C33H32BrClN4O3S/c1-19-9-11-20(12-10-19)17-42-30-23(34)13-22(14-27(30)41-4)29-28-25(15-33(2,3)16-26(28)40)36-31-37-32(38-39(29)31)43-18-21-7-5-6-8-24(21)35/h5-14,29H,15-18H2,1-4H3,(H,36,37,38). The molecule has 3 aromatic carbocycles. The fourth-order valence-corrected chi connectivity index (χ4v) is 7.28. The van der Waals surface area contributed by atoms with Crippen LogP contribution in [0.3, 0.4) is 0 Å². The SMILES string of the molecule is COc1cc(C2C3=C(CC(C)(C)CC3=O)Nc3nc(SCc4ccccc4Cl)nn32)cc(Br)c1OCc1ccc(C)cc1. The summed E-state index contributed by atoms with van der Waals surface area (Å²) in [5.74, 6) is 2.49. The van der Waals surface area contributed by atoms with Gasteiger partial charge in [-0.25, -0.2) is 4.68 Å². The number of anilines is 1. The molecule has 7 nitrogen and oxygen atoms in total. The van der Waals surface area contributed by atoms with Crippen molar-refractivity contribution in [2.75, 3.05) is 12.4 Å². The average molecular weight is 680 g/mol. The molecular weight excluding hydrogens is 648 g/mol. The first-order chi connectivity index (χ1) is 20.6. The predicted molar refractivity (Wildman–Crippen MR) is 174 cm³/mol. The van der Waals surface area contributed by atoms with Crippen LogP contribution in [0.4, 0.5) is 5.95 Å². The number of carbonyl (C=O) groups excluding carboxylic acids is 1. The number of carbonyl (C=O) groups is 1. The van der Waals surface area contributed by atoms with E-state index in [1.807, 2.05) is 41.1 Å². The van der Waals surface area contributed by atoms with Crippen molar-refractivity contribution >= 4 is 51.0 Å². The van der Waals surface area contributed by atoms with Crippen LogP contribution >= 0.6 is 39.3 Å². The molecule has 6 rings (SSSR count). The van der Waals surface area contributed by atoms with Gasteiger partial charge in [0.2, 0.25) is 11.1 Å². The van der Waals surface area contributed by atoms with Gasteiger partial charge in [0.1, 0.15) is 12.6 Å². The van der Waals surface area contributed by atoms with Crippen molar-refractivity contribution in [3.8, 4) is 11.5 Å². The van der Waals surface area contributed by atoms with Gasteiger partial charge in [-0.1, -0.05) is 85.2 Å². The number of methoxy groups -OCH3 is 1. The zero-order valence-corrected chi connectivity index (χ0v) is 27.6. The summed E-state index contributed by atoms with van der Waals surface area (Å²) in [5, 5.41) is 9.66. The third kappa shape index (κ3) is 6.21. The number of halogens is 2. The molecule has 0 spiro atoms. The lowest BCUT2D eigenvalue weighted by molar-refractivity contribution is -0.118. The number of Topliss-reactive ketones (excluding diaryl/α,β-unsaturated/α-hetero) is 1. The lowest BCUT2D eigenvalue weighted by atomic mass is 9.73. The molecule has 43 heavy (non-hydrogen) atoms. The number of nitrogens with zero attached hydrogens (tertiary/aromatic N) is 3. The van der Waals surface area contributed by atoms with Gasteiger partial charge in [-0.05, 0) is 69.6 Å². The first-order valence-electron chi connectivity index (χ1n) is 14.0. The number of aryl methyl sites for hydroxylation is 1. The summed E-state index contributed by atoms with van der Waals surface area (Å²) in [7, 11) is 1.62. The summed E-state index contributed by atoms with van der Waals surface area (Å²) in [6.07, 6.45) is 1.19. The molecule has 1 atom stereocenters. The van der Waals surface area contributed by atoms with E-state index in [2.05, 4.69) is 66.3 Å². The highest BCUT2D eigenvalue weighted by atomic mass is 79.9. The third-order valence-corrected chi connectivity index (χ3v) is 9.54. The van der Waals surface area contributed by atoms with Crippen LogP contribution in [0.1, 0.15) is 55.0 Å². The quantitative estimate of drug-likeness (QED) is 0.187. The minimum absolute atomic E-state index is 0.102. The van der Waals surface area contributed by atoms with Crippen LogP contribution in [0, 0.1) is 12.3 Å². The molecule has 1 N–H and O–H groups in total. The van der Waals surface area contributed by atoms with Crippen molar-refractivity contribution in [3.05, 3.63) is 104 Å². The number of thioether (sulfide) groups is 1. The van der Waals surface area contributed by atoms with Gasteiger partial charge in [-0.2, -0.15) is 4.98 Å². The Balaban J connectivity index is 1.37. The summed E-state index contributed by atoms with van der Waals surface area (Å²) in [4.78, 5) is 18.6. The number of nitrogens with one attached hydrogen (secondary N) is 1. The van der Waals surface area contributed by atoms with Crippen LogP contribution in [0.2, 0.25) is 5.02 Å². The van der Waals surface area contributed by atoms with Gasteiger partial charge >= 0.3 is 0 Å². The van der Waals surface area contributed by atoms with E-state index >= 15 is 0 Å². The Hall–Kier alpha value is -3.27. The molecule has 0 amide bonds. The number of fused-ring (bicyclic) bond motifs is 1. The zero-order chi connectivity index (χ0) is 30.3. The van der Waals surface area contributed by atoms with Crippen LogP contribution in [-0.2, 0) is 17.2 Å². The highest BCUT2D eigenvalue weighted by molar-refractivity contribution is 9.10. The molecule has 4 aromatic rings. The molecule has 0 saturated carbocycles. The Kier molecular flexibility index (Phi) is 8.33. The molecular formula is C33H32BrClN4O3S. The van der Waals surface area contributed by atoms with Gasteiger partial charge in [0, 0.05) is 28.5 Å². The molecule has 10 heteroatoms. The molecule has 2 aliphatic rings. The summed E-state index contributed by atoms with van der Waals surface area (Å²) >= 11 is 11.6. The molecule has 1 unspecified atom stereocenters. The number of benzene rings is 3. The number of aromatic nitrogens is 3. The molecule has 0 bridgehead atoms. The molecule has 0 saturated heterocycles. The van der Waals surface area contributed by atoms with E-state index < -0.39 is 6.04 Å². The molecule has 2 heterocycles. The maximum absolute atomic E-state index is 13.7. The highest BCUT2D eigenvalue weighted by Gasteiger charge is 2.42. The van der Waals surface area contributed by atoms with Gasteiger partial charge in [0.05, 0.1) is 11.6 Å². The van der Waals surface area contributed by atoms with Crippen molar-refractivity contribution in [1.82, 2.24) is 14.8 Å². The minimum atomic E-state index is -0.478. The summed E-state index contributed by atoms with van der Waals surface area (Å²) in [6, 6.07) is 19.4. The van der Waals surface area contributed by atoms with Crippen LogP contribution in [0.25, 0.3) is 0 Å². The van der Waals surface area contributed by atoms with E-state index in [9.17, 15) is 4.79 Å². The van der Waals surface area contributed by atoms with Crippen molar-refractivity contribution in [2.45, 2.75) is 57.2 Å². The number of hydrogen-bond donors (Lipinski definition) is 1. The molecule has 0 fully saturated rings. The van der Waals surface area contributed by atoms with Crippen molar-refractivity contribution in [1.29, 1.82) is 0 Å². The molecule has 1 aliphatic carbocycles. The maximum atomic E-state index is 13.7. The van der Waals surface area contributed by atoms with E-state index in [1.54, 1.807) is 7.11 Å². The van der Waals surface area contributed by atoms with E-state index in [0.29, 0.717) is 52.0 Å². The van der Waals surface area contributed by atoms with Crippen LogP contribution in [-0.4, -0.2) is 27.7 Å². The van der Waals surface area contributed by atoms with Gasteiger partial charge < -0.3 is 14.8 Å². The first kappa shape index (κ1) is 29.8. The Morgan fingerprint density at radius 2 is 1.91 bits per heavy atom. The Bertz CT molecular complexity index is 1730. The third-order valence-electron chi connectivity index (χ3n) is 7.70. The normalized spacial score (nSPS) is 17.3. The van der Waals surface area contributed by atoms with E-state index in [1.165, 1.54) is 17.3 Å². The smallest absolute Gasteiger partial charge is 0.227 e. The van der Waals surface area contributed by atoms with Crippen molar-refractivity contribution in [2.24, 2.45) is 5.41 Å². The molecule has 1 aliphatic heterocycles. The minimum Gasteiger partial charge on any atom is -0.493 e. The zero-order valence-electron chi connectivity index (χ0n) is 24.4. The Morgan fingerprint density at radius 3 is 2.65 bits per heavy atom. The van der Waals surface area contributed by atoms with E-state index in [-0.39, 0.29) is 11.2 Å². The number of rotatable bonds is 8. The second kappa shape index (κ2) is 12.0. The Morgan fingerprint density at radius 1 is 1.14 bits per heavy atom. The molecule has 0 radical (unpaired) electrons. The van der Waals surface area contributed by atoms with Gasteiger partial charge in [-0.3, -0.25) is 4.79 Å². The maximum Gasteiger partial charge on any atom is 0.227 e. The first-order valence-corrected chi connectivity index (χ1v) is 16.2. The van der Waals surface area contributed by atoms with Crippen LogP contribution < -0.4 is 14.8 Å². The van der Waals surface area contributed by atoms with E-state index in [0.717, 1.165) is 33.3 Å². The number of ketones is 1. The number of ether oxygens (including phenoxy) is 2. The Labute approximate surface area is 269 Å². The van der Waals surface area contributed by atoms with E-state index in [4.69, 9.17) is 31.2 Å². The number of allylic oxidation sites excluding steroid dienone is 2. The van der Waals surface area contributed by atoms with Crippen molar-refractivity contribution < 1.29 is 14.3 Å². The summed E-state index contributed by atoms with van der Waals surface area (Å²) in [5.41, 5.74) is 5.55. The van der Waals surface area contributed by atoms with Gasteiger partial charge in [0.15, 0.2) is 17.3 Å². The van der Waals surface area contributed by atoms with Gasteiger partial charge in [-0.15, -0.1) is 5.10 Å². The van der Waals surface area contributed by atoms with Crippen LogP contribution in [0.5, 0.6) is 11.5 Å².